The van der Waals surface area contributed by atoms with Gasteiger partial charge in [-0.2, -0.15) is 0 Å². The van der Waals surface area contributed by atoms with Crippen LogP contribution in [0.2, 0.25) is 0 Å². The van der Waals surface area contributed by atoms with Crippen LogP contribution in [0.3, 0.4) is 0 Å². The van der Waals surface area contributed by atoms with E-state index in [0.717, 1.165) is 50.0 Å². The minimum Gasteiger partial charge on any atom is -0.466 e. The van der Waals surface area contributed by atoms with E-state index in [1.54, 1.807) is 0 Å². The highest BCUT2D eigenvalue weighted by Gasteiger charge is 2.00. The standard InChI is InChI=1S/C16H26O/c1-5-9-13-15(11-7-3)17-16(12-8-4)14-10-6-2/h7-8,13-14H,3-6,9-12H2,1-2H3/b15-13+,16-14+. The van der Waals surface area contributed by atoms with Gasteiger partial charge in [0.15, 0.2) is 0 Å². The third-order valence-electron chi connectivity index (χ3n) is 2.27. The molecule has 0 radical (unpaired) electrons. The van der Waals surface area contributed by atoms with Crippen molar-refractivity contribution in [3.63, 3.8) is 0 Å². The average Bonchev–Trinajstić information content (AvgIpc) is 2.33. The zero-order chi connectivity index (χ0) is 12.9. The van der Waals surface area contributed by atoms with Gasteiger partial charge in [0.05, 0.1) is 0 Å². The molecule has 0 N–H and O–H groups in total. The van der Waals surface area contributed by atoms with E-state index in [9.17, 15) is 0 Å². The molecule has 0 saturated heterocycles. The van der Waals surface area contributed by atoms with Gasteiger partial charge in [-0.15, -0.1) is 13.2 Å². The normalized spacial score (nSPS) is 12.4. The van der Waals surface area contributed by atoms with Gasteiger partial charge in [-0.1, -0.05) is 38.8 Å². The maximum atomic E-state index is 5.92. The molecule has 0 bridgehead atoms. The molecule has 0 aliphatic carbocycles. The molecule has 0 rings (SSSR count). The van der Waals surface area contributed by atoms with Crippen molar-refractivity contribution in [2.75, 3.05) is 0 Å². The van der Waals surface area contributed by atoms with Crippen molar-refractivity contribution in [2.24, 2.45) is 0 Å². The van der Waals surface area contributed by atoms with Crippen molar-refractivity contribution in [1.82, 2.24) is 0 Å². The molecular weight excluding hydrogens is 208 g/mol. The first-order valence-electron chi connectivity index (χ1n) is 6.56. The Balaban J connectivity index is 4.53. The molecule has 0 aromatic heterocycles. The number of unbranched alkanes of at least 4 members (excludes halogenated alkanes) is 2. The molecule has 1 nitrogen and oxygen atoms in total. The van der Waals surface area contributed by atoms with Crippen LogP contribution in [-0.4, -0.2) is 0 Å². The van der Waals surface area contributed by atoms with Crippen LogP contribution in [0.25, 0.3) is 0 Å². The molecule has 0 aliphatic heterocycles. The predicted octanol–water partition coefficient (Wildman–Crippen LogP) is 5.52. The molecular formula is C16H26O. The lowest BCUT2D eigenvalue weighted by atomic mass is 10.2. The molecule has 0 atom stereocenters. The van der Waals surface area contributed by atoms with Crippen molar-refractivity contribution >= 4 is 0 Å². The first kappa shape index (κ1) is 15.8. The van der Waals surface area contributed by atoms with Gasteiger partial charge in [0, 0.05) is 12.8 Å². The second kappa shape index (κ2) is 11.3. The zero-order valence-electron chi connectivity index (χ0n) is 11.4. The Kier molecular flexibility index (Phi) is 10.4. The fourth-order valence-electron chi connectivity index (χ4n) is 1.40. The molecule has 0 aromatic carbocycles. The second-order valence-electron chi connectivity index (χ2n) is 4.01. The number of allylic oxidation sites excluding steroid dienone is 4. The highest BCUT2D eigenvalue weighted by atomic mass is 16.5. The van der Waals surface area contributed by atoms with Crippen LogP contribution in [0.15, 0.2) is 49.0 Å². The third kappa shape index (κ3) is 8.56. The lowest BCUT2D eigenvalue weighted by molar-refractivity contribution is 0.288. The van der Waals surface area contributed by atoms with Crippen LogP contribution in [0, 0.1) is 0 Å². The first-order chi connectivity index (χ1) is 8.28. The summed E-state index contributed by atoms with van der Waals surface area (Å²) < 4.78 is 5.92. The van der Waals surface area contributed by atoms with Gasteiger partial charge in [0.2, 0.25) is 0 Å². The predicted molar refractivity (Wildman–Crippen MR) is 76.7 cm³/mol. The molecule has 0 unspecified atom stereocenters. The minimum atomic E-state index is 0.792. The highest BCUT2D eigenvalue weighted by molar-refractivity contribution is 5.07. The summed E-state index contributed by atoms with van der Waals surface area (Å²) in [6.07, 6.45) is 14.0. The Bertz CT molecular complexity index is 243. The van der Waals surface area contributed by atoms with E-state index in [-0.39, 0.29) is 0 Å². The first-order valence-corrected chi connectivity index (χ1v) is 6.56. The summed E-state index contributed by atoms with van der Waals surface area (Å²) in [5, 5.41) is 0. The van der Waals surface area contributed by atoms with Gasteiger partial charge in [-0.25, -0.2) is 0 Å². The van der Waals surface area contributed by atoms with Gasteiger partial charge in [-0.05, 0) is 25.0 Å². The van der Waals surface area contributed by atoms with Gasteiger partial charge in [-0.3, -0.25) is 0 Å². The van der Waals surface area contributed by atoms with Gasteiger partial charge < -0.3 is 4.74 Å². The lowest BCUT2D eigenvalue weighted by Gasteiger charge is -2.11. The Morgan fingerprint density at radius 1 is 0.882 bits per heavy atom. The summed E-state index contributed by atoms with van der Waals surface area (Å²) in [6, 6.07) is 0. The van der Waals surface area contributed by atoms with Gasteiger partial charge in [0.1, 0.15) is 11.5 Å². The minimum absolute atomic E-state index is 0.792. The van der Waals surface area contributed by atoms with E-state index in [1.807, 2.05) is 12.2 Å². The van der Waals surface area contributed by atoms with E-state index in [0.29, 0.717) is 0 Å². The number of ether oxygens (including phenoxy) is 1. The summed E-state index contributed by atoms with van der Waals surface area (Å²) in [6.45, 7) is 11.9. The summed E-state index contributed by atoms with van der Waals surface area (Å²) in [5.41, 5.74) is 0. The maximum Gasteiger partial charge on any atom is 0.103 e. The van der Waals surface area contributed by atoms with Crippen molar-refractivity contribution in [2.45, 2.75) is 52.4 Å². The van der Waals surface area contributed by atoms with Crippen LogP contribution >= 0.6 is 0 Å². The second-order valence-corrected chi connectivity index (χ2v) is 4.01. The van der Waals surface area contributed by atoms with Crippen LogP contribution in [-0.2, 0) is 4.74 Å². The SMILES string of the molecule is C=CC/C(=C\CCC)O/C(=C/CCC)CC=C. The van der Waals surface area contributed by atoms with Crippen molar-refractivity contribution in [3.05, 3.63) is 49.0 Å². The summed E-state index contributed by atoms with van der Waals surface area (Å²) in [5.74, 6) is 2.01. The lowest BCUT2D eigenvalue weighted by Crippen LogP contribution is -1.93. The summed E-state index contributed by atoms with van der Waals surface area (Å²) in [4.78, 5) is 0. The largest absolute Gasteiger partial charge is 0.466 e. The molecule has 96 valence electrons. The van der Waals surface area contributed by atoms with Crippen LogP contribution in [0.5, 0.6) is 0 Å². The molecule has 0 aliphatic rings. The maximum absolute atomic E-state index is 5.92. The van der Waals surface area contributed by atoms with E-state index >= 15 is 0 Å². The Morgan fingerprint density at radius 2 is 1.29 bits per heavy atom. The van der Waals surface area contributed by atoms with Crippen molar-refractivity contribution in [1.29, 1.82) is 0 Å². The van der Waals surface area contributed by atoms with E-state index in [2.05, 4.69) is 39.2 Å². The Labute approximate surface area is 107 Å². The fourth-order valence-corrected chi connectivity index (χ4v) is 1.40. The third-order valence-corrected chi connectivity index (χ3v) is 2.27. The van der Waals surface area contributed by atoms with Crippen LogP contribution < -0.4 is 0 Å². The van der Waals surface area contributed by atoms with Crippen LogP contribution in [0.1, 0.15) is 52.4 Å². The molecule has 0 spiro atoms. The zero-order valence-corrected chi connectivity index (χ0v) is 11.4. The smallest absolute Gasteiger partial charge is 0.103 e. The number of hydrogen-bond donors (Lipinski definition) is 0. The number of hydrogen-bond acceptors (Lipinski definition) is 1. The van der Waals surface area contributed by atoms with Crippen molar-refractivity contribution < 1.29 is 4.74 Å². The summed E-state index contributed by atoms with van der Waals surface area (Å²) >= 11 is 0. The fraction of sp³-hybridized carbons (Fsp3) is 0.500. The molecule has 0 amide bonds. The van der Waals surface area contributed by atoms with Gasteiger partial charge >= 0.3 is 0 Å². The van der Waals surface area contributed by atoms with Crippen molar-refractivity contribution in [3.8, 4) is 0 Å². The molecule has 0 heterocycles. The molecule has 0 fully saturated rings. The Morgan fingerprint density at radius 3 is 1.59 bits per heavy atom. The average molecular weight is 234 g/mol. The summed E-state index contributed by atoms with van der Waals surface area (Å²) in [7, 11) is 0. The highest BCUT2D eigenvalue weighted by Crippen LogP contribution is 2.16. The van der Waals surface area contributed by atoms with E-state index in [1.165, 1.54) is 0 Å². The molecule has 0 saturated carbocycles. The Hall–Kier alpha value is -1.24. The van der Waals surface area contributed by atoms with Crippen LogP contribution in [0.4, 0.5) is 0 Å². The monoisotopic (exact) mass is 234 g/mol. The number of rotatable bonds is 10. The molecule has 17 heavy (non-hydrogen) atoms. The topological polar surface area (TPSA) is 9.23 Å². The molecule has 0 aromatic rings. The quantitative estimate of drug-likeness (QED) is 0.357. The van der Waals surface area contributed by atoms with E-state index in [4.69, 9.17) is 4.74 Å². The van der Waals surface area contributed by atoms with E-state index < -0.39 is 0 Å². The van der Waals surface area contributed by atoms with Gasteiger partial charge in [0.25, 0.3) is 0 Å². The molecule has 1 heteroatoms.